The number of nitrogens with one attached hydrogen (secondary N) is 6. The van der Waals surface area contributed by atoms with E-state index in [2.05, 4.69) is 54.9 Å². The van der Waals surface area contributed by atoms with Crippen LogP contribution in [0.4, 0.5) is 0 Å². The number of benzene rings is 1. The molecular formula is C36H53N12O10S+. The summed E-state index contributed by atoms with van der Waals surface area (Å²) in [6.07, 6.45) is 0.522. The number of aromatic nitrogens is 2. The highest BCUT2D eigenvalue weighted by atomic mass is 32.1. The van der Waals surface area contributed by atoms with Crippen LogP contribution in [-0.2, 0) is 56.0 Å². The summed E-state index contributed by atoms with van der Waals surface area (Å²) >= 11 is 4.25. The molecule has 0 aliphatic carbocycles. The van der Waals surface area contributed by atoms with Crippen molar-refractivity contribution in [2.24, 2.45) is 17.2 Å². The van der Waals surface area contributed by atoms with Crippen LogP contribution in [-0.4, -0.2) is 134 Å². The van der Waals surface area contributed by atoms with Crippen LogP contribution in [0.1, 0.15) is 50.3 Å². The van der Waals surface area contributed by atoms with E-state index in [-0.39, 0.29) is 31.6 Å². The first-order valence-corrected chi connectivity index (χ1v) is 19.4. The minimum atomic E-state index is -1.71. The Kier molecular flexibility index (Phi) is 18.2. The third kappa shape index (κ3) is 14.7. The lowest BCUT2D eigenvalue weighted by Gasteiger charge is -2.30. The lowest BCUT2D eigenvalue weighted by atomic mass is 10.1. The van der Waals surface area contributed by atoms with Gasteiger partial charge in [0.1, 0.15) is 36.3 Å². The number of likely N-dealkylation sites (tertiary alicyclic amines) is 1. The molecule has 322 valence electrons. The van der Waals surface area contributed by atoms with Crippen molar-refractivity contribution in [1.29, 1.82) is 0 Å². The van der Waals surface area contributed by atoms with Gasteiger partial charge in [0.2, 0.25) is 47.3 Å². The summed E-state index contributed by atoms with van der Waals surface area (Å²) < 4.78 is 0. The molecule has 0 saturated carbocycles. The Bertz CT molecular complexity index is 1820. The van der Waals surface area contributed by atoms with Gasteiger partial charge in [-0.3, -0.25) is 43.2 Å². The number of hydrogen-bond donors (Lipinski definition) is 12. The number of H-pyrrole nitrogens is 1. The summed E-state index contributed by atoms with van der Waals surface area (Å²) in [7, 11) is 0. The number of rotatable bonds is 23. The fraction of sp³-hybridized carbons (Fsp3) is 0.500. The number of carbonyl (C=O) groups excluding carboxylic acids is 9. The fourth-order valence-electron chi connectivity index (χ4n) is 6.26. The van der Waals surface area contributed by atoms with Crippen molar-refractivity contribution in [3.05, 3.63) is 54.1 Å². The number of aromatic amines is 1. The molecule has 1 saturated heterocycles. The number of thiol groups is 1. The van der Waals surface area contributed by atoms with E-state index in [1.165, 1.54) is 24.3 Å². The molecule has 1 aliphatic rings. The molecule has 2 heterocycles. The van der Waals surface area contributed by atoms with Gasteiger partial charge in [-0.2, -0.15) is 12.6 Å². The van der Waals surface area contributed by atoms with Crippen LogP contribution in [0.5, 0.6) is 0 Å². The number of nitrogens with zero attached hydrogens (tertiary/aromatic N) is 2. The monoisotopic (exact) mass is 845 g/mol. The van der Waals surface area contributed by atoms with Crippen LogP contribution >= 0.6 is 12.6 Å². The van der Waals surface area contributed by atoms with Crippen LogP contribution < -0.4 is 49.5 Å². The molecule has 9 amide bonds. The number of amides is 9. The van der Waals surface area contributed by atoms with Crippen molar-refractivity contribution in [3.8, 4) is 0 Å². The number of aliphatic hydroxyl groups excluding tert-OH is 1. The smallest absolute Gasteiger partial charge is 0.279 e. The Morgan fingerprint density at radius 2 is 1.49 bits per heavy atom. The zero-order chi connectivity index (χ0) is 43.8. The van der Waals surface area contributed by atoms with E-state index in [1.807, 2.05) is 30.3 Å². The van der Waals surface area contributed by atoms with Gasteiger partial charge in [-0.15, -0.1) is 0 Å². The summed E-state index contributed by atoms with van der Waals surface area (Å²) in [6, 6.07) is -0.0388. The van der Waals surface area contributed by atoms with Crippen LogP contribution in [0, 0.1) is 0 Å². The maximum Gasteiger partial charge on any atom is 0.279 e. The highest BCUT2D eigenvalue weighted by Gasteiger charge is 2.40. The molecule has 1 aromatic heterocycles. The quantitative estimate of drug-likeness (QED) is 0.0468. The average Bonchev–Trinajstić information content (AvgIpc) is 3.89. The molecule has 3 rings (SSSR count). The molecule has 8 atom stereocenters. The molecule has 22 nitrogen and oxygen atoms in total. The normalized spacial score (nSPS) is 17.2. The molecule has 59 heavy (non-hydrogen) atoms. The summed E-state index contributed by atoms with van der Waals surface area (Å²) in [5, 5.41) is 22.1. The van der Waals surface area contributed by atoms with E-state index in [1.54, 1.807) is 0 Å². The van der Waals surface area contributed by atoms with E-state index in [4.69, 9.17) is 17.2 Å². The van der Waals surface area contributed by atoms with Crippen molar-refractivity contribution in [3.63, 3.8) is 0 Å². The first-order valence-electron chi connectivity index (χ1n) is 18.7. The Labute approximate surface area is 344 Å². The largest absolute Gasteiger partial charge is 0.391 e. The van der Waals surface area contributed by atoms with Crippen LogP contribution in [0.25, 0.3) is 0 Å². The maximum atomic E-state index is 14.2. The number of carbonyl (C=O) groups is 9. The van der Waals surface area contributed by atoms with Crippen LogP contribution in [0.15, 0.2) is 42.9 Å². The van der Waals surface area contributed by atoms with Crippen molar-refractivity contribution in [1.82, 2.24) is 41.5 Å². The Hall–Kier alpha value is -6.07. The standard InChI is InChI=1S/C36H52N12O10S/c1-18(49)29(30(40)52)47-33(55)23(14-28(39)51)44-32(54)22(9-10-27(38)50)43-35(57)26-8-5-11-48(26)36(58)24(13-20-15-41-17-42-20)45-34(56)25(16-59)46-31(53)21(37)12-19-6-3-2-4-7-19/h2-4,6-7,15,17-18,21-26,29,49,59H,5,8-14,16,37H2,1H3,(H2,38,50)(H2,39,51)(H2,40,52)(H,41,42)(H,43,57)(H,44,54)(H,45,56)(H,46,53)(H,47,55)/p+1/t18-,21+,22+,23+,24+,25+,26+,29+/m1/s1. The predicted molar refractivity (Wildman–Crippen MR) is 210 cm³/mol. The summed E-state index contributed by atoms with van der Waals surface area (Å²) in [5.41, 5.74) is 21.1. The minimum Gasteiger partial charge on any atom is -0.391 e. The van der Waals surface area contributed by atoms with Crippen molar-refractivity contribution in [2.45, 2.75) is 100 Å². The lowest BCUT2D eigenvalue weighted by Crippen LogP contribution is -2.70. The number of aliphatic hydroxyl groups is 1. The Balaban J connectivity index is 1.79. The number of primary amides is 3. The maximum absolute atomic E-state index is 14.2. The third-order valence-electron chi connectivity index (χ3n) is 9.38. The Morgan fingerprint density at radius 3 is 2.07 bits per heavy atom. The zero-order valence-corrected chi connectivity index (χ0v) is 33.3. The van der Waals surface area contributed by atoms with Crippen molar-refractivity contribution < 1.29 is 54.0 Å². The lowest BCUT2D eigenvalue weighted by molar-refractivity contribution is -0.403. The van der Waals surface area contributed by atoms with E-state index in [9.17, 15) is 48.3 Å². The molecule has 0 radical (unpaired) electrons. The van der Waals surface area contributed by atoms with Crippen LogP contribution in [0.3, 0.4) is 0 Å². The molecule has 1 aromatic carbocycles. The summed E-state index contributed by atoms with van der Waals surface area (Å²) in [5.74, 6) is -8.02. The first-order chi connectivity index (χ1) is 27.9. The summed E-state index contributed by atoms with van der Waals surface area (Å²) in [6.45, 7) is 1.24. The highest BCUT2D eigenvalue weighted by Crippen LogP contribution is 2.20. The van der Waals surface area contributed by atoms with Crippen LogP contribution in [0.2, 0.25) is 0 Å². The molecule has 0 bridgehead atoms. The van der Waals surface area contributed by atoms with Crippen molar-refractivity contribution >= 4 is 65.8 Å². The Morgan fingerprint density at radius 1 is 0.864 bits per heavy atom. The number of quaternary nitrogens is 1. The van der Waals surface area contributed by atoms with Gasteiger partial charge in [0.25, 0.3) is 5.91 Å². The van der Waals surface area contributed by atoms with Crippen molar-refractivity contribution in [2.75, 3.05) is 12.3 Å². The second kappa shape index (κ2) is 22.8. The van der Waals surface area contributed by atoms with Gasteiger partial charge in [0.15, 0.2) is 6.04 Å². The van der Waals surface area contributed by atoms with E-state index in [0.29, 0.717) is 18.5 Å². The second-order valence-corrected chi connectivity index (χ2v) is 14.5. The van der Waals surface area contributed by atoms with Gasteiger partial charge < -0.3 is 64.5 Å². The molecule has 23 heteroatoms. The SMILES string of the molecule is C[C@@H](O)[C@H](NC(=O)[C@H](CC(N)=O)NC(=O)[C@H](CCC(N)=O)NC(=O)[C@@H]1CCCN1C(=O)[C@H](Cc1cnc[nH]1)NC(=O)[C@H](CS)NC(=O)[C@@H]([NH3+])Cc1ccccc1)C(N)=O. The van der Waals surface area contributed by atoms with E-state index in [0.717, 1.165) is 5.56 Å². The molecular weight excluding hydrogens is 793 g/mol. The van der Waals surface area contributed by atoms with E-state index < -0.39 is 114 Å². The highest BCUT2D eigenvalue weighted by molar-refractivity contribution is 7.80. The van der Waals surface area contributed by atoms with E-state index >= 15 is 0 Å². The molecule has 2 aromatic rings. The fourth-order valence-corrected chi connectivity index (χ4v) is 6.51. The summed E-state index contributed by atoms with van der Waals surface area (Å²) in [4.78, 5) is 125. The van der Waals surface area contributed by atoms with Gasteiger partial charge >= 0.3 is 0 Å². The number of imidazole rings is 1. The minimum absolute atomic E-state index is 0.0744. The van der Waals surface area contributed by atoms with Gasteiger partial charge in [-0.05, 0) is 31.7 Å². The van der Waals surface area contributed by atoms with Gasteiger partial charge in [0, 0.05) is 43.5 Å². The third-order valence-corrected chi connectivity index (χ3v) is 9.75. The molecule has 16 N–H and O–H groups in total. The molecule has 1 aliphatic heterocycles. The topological polar surface area (TPSA) is 372 Å². The first kappa shape index (κ1) is 47.3. The number of nitrogens with two attached hydrogens (primary N) is 3. The van der Waals surface area contributed by atoms with Gasteiger partial charge in [-0.1, -0.05) is 30.3 Å². The second-order valence-electron chi connectivity index (χ2n) is 14.1. The molecule has 0 unspecified atom stereocenters. The molecule has 1 fully saturated rings. The average molecular weight is 846 g/mol. The van der Waals surface area contributed by atoms with Gasteiger partial charge in [-0.25, -0.2) is 4.98 Å². The zero-order valence-electron chi connectivity index (χ0n) is 32.4. The van der Waals surface area contributed by atoms with Gasteiger partial charge in [0.05, 0.1) is 18.9 Å². The molecule has 0 spiro atoms. The predicted octanol–water partition coefficient (Wildman–Crippen LogP) is -5.84. The number of hydrogen-bond acceptors (Lipinski definition) is 12.